The van der Waals surface area contributed by atoms with Crippen molar-refractivity contribution < 1.29 is 9.53 Å². The molecule has 1 aromatic heterocycles. The number of rotatable bonds is 4. The third-order valence-corrected chi connectivity index (χ3v) is 2.69. The number of nitrogens with zero attached hydrogens (tertiary/aromatic N) is 2. The van der Waals surface area contributed by atoms with Crippen molar-refractivity contribution >= 4 is 17.7 Å². The van der Waals surface area contributed by atoms with Crippen LogP contribution in [0.25, 0.3) is 6.08 Å². The van der Waals surface area contributed by atoms with Gasteiger partial charge in [-0.05, 0) is 29.8 Å². The third kappa shape index (κ3) is 3.91. The van der Waals surface area contributed by atoms with Crippen molar-refractivity contribution in [1.29, 1.82) is 5.26 Å². The first kappa shape index (κ1) is 14.3. The van der Waals surface area contributed by atoms with E-state index >= 15 is 0 Å². The number of ether oxygens (including phenoxy) is 1. The summed E-state index contributed by atoms with van der Waals surface area (Å²) in [5.41, 5.74) is 1.26. The van der Waals surface area contributed by atoms with Crippen LogP contribution in [0.4, 0.5) is 5.69 Å². The van der Waals surface area contributed by atoms with Gasteiger partial charge in [-0.15, -0.1) is 0 Å². The predicted molar refractivity (Wildman–Crippen MR) is 79.5 cm³/mol. The Morgan fingerprint density at radius 2 is 2.24 bits per heavy atom. The number of anilines is 1. The standard InChI is InChI=1S/C16H13N3O2/c1-21-15-6-2-5-14(9-15)19-16(20)13(10-17)8-12-4-3-7-18-11-12/h2-9,11H,1H3,(H,19,20)/b13-8+. The second-order valence-electron chi connectivity index (χ2n) is 4.14. The third-order valence-electron chi connectivity index (χ3n) is 2.69. The van der Waals surface area contributed by atoms with E-state index in [1.54, 1.807) is 55.9 Å². The van der Waals surface area contributed by atoms with Crippen molar-refractivity contribution in [2.24, 2.45) is 0 Å². The molecule has 0 atom stereocenters. The zero-order chi connectivity index (χ0) is 15.1. The lowest BCUT2D eigenvalue weighted by Crippen LogP contribution is -2.13. The van der Waals surface area contributed by atoms with Crippen LogP contribution in [0.1, 0.15) is 5.56 Å². The number of aromatic nitrogens is 1. The molecule has 0 bridgehead atoms. The van der Waals surface area contributed by atoms with E-state index in [4.69, 9.17) is 10.00 Å². The molecule has 21 heavy (non-hydrogen) atoms. The minimum absolute atomic E-state index is 0.00539. The number of pyridine rings is 1. The van der Waals surface area contributed by atoms with E-state index in [0.29, 0.717) is 17.0 Å². The Morgan fingerprint density at radius 1 is 1.38 bits per heavy atom. The van der Waals surface area contributed by atoms with Crippen molar-refractivity contribution in [3.63, 3.8) is 0 Å². The lowest BCUT2D eigenvalue weighted by Gasteiger charge is -2.06. The van der Waals surface area contributed by atoms with Crippen molar-refractivity contribution in [2.45, 2.75) is 0 Å². The first-order valence-corrected chi connectivity index (χ1v) is 6.20. The van der Waals surface area contributed by atoms with Crippen LogP contribution in [-0.2, 0) is 4.79 Å². The number of methoxy groups -OCH3 is 1. The number of amides is 1. The largest absolute Gasteiger partial charge is 0.497 e. The summed E-state index contributed by atoms with van der Waals surface area (Å²) in [6.45, 7) is 0. The molecule has 0 aliphatic carbocycles. The maximum absolute atomic E-state index is 12.1. The summed E-state index contributed by atoms with van der Waals surface area (Å²) in [6, 6.07) is 12.3. The molecule has 5 nitrogen and oxygen atoms in total. The fourth-order valence-electron chi connectivity index (χ4n) is 1.68. The van der Waals surface area contributed by atoms with Crippen LogP contribution in [0.15, 0.2) is 54.4 Å². The predicted octanol–water partition coefficient (Wildman–Crippen LogP) is 2.64. The molecule has 0 saturated carbocycles. The van der Waals surface area contributed by atoms with E-state index in [2.05, 4.69) is 10.3 Å². The summed E-state index contributed by atoms with van der Waals surface area (Å²) in [7, 11) is 1.55. The lowest BCUT2D eigenvalue weighted by atomic mass is 10.1. The van der Waals surface area contributed by atoms with Gasteiger partial charge < -0.3 is 10.1 Å². The van der Waals surface area contributed by atoms with E-state index < -0.39 is 5.91 Å². The van der Waals surface area contributed by atoms with Gasteiger partial charge in [0.05, 0.1) is 7.11 Å². The van der Waals surface area contributed by atoms with Gasteiger partial charge >= 0.3 is 0 Å². The summed E-state index contributed by atoms with van der Waals surface area (Å²) in [6.07, 6.45) is 4.69. The molecule has 1 heterocycles. The van der Waals surface area contributed by atoms with Gasteiger partial charge in [0.1, 0.15) is 17.4 Å². The maximum Gasteiger partial charge on any atom is 0.266 e. The highest BCUT2D eigenvalue weighted by Gasteiger charge is 2.09. The smallest absolute Gasteiger partial charge is 0.266 e. The Balaban J connectivity index is 2.18. The number of hydrogen-bond donors (Lipinski definition) is 1. The normalized spacial score (nSPS) is 10.6. The van der Waals surface area contributed by atoms with Gasteiger partial charge in [-0.2, -0.15) is 5.26 Å². The van der Waals surface area contributed by atoms with Gasteiger partial charge in [0.25, 0.3) is 5.91 Å². The topological polar surface area (TPSA) is 75.0 Å². The van der Waals surface area contributed by atoms with E-state index in [9.17, 15) is 4.79 Å². The van der Waals surface area contributed by atoms with E-state index in [-0.39, 0.29) is 5.57 Å². The molecule has 0 saturated heterocycles. The second-order valence-corrected chi connectivity index (χ2v) is 4.14. The quantitative estimate of drug-likeness (QED) is 0.689. The van der Waals surface area contributed by atoms with Crippen LogP contribution in [0, 0.1) is 11.3 Å². The Hall–Kier alpha value is -3.13. The number of carbonyl (C=O) groups is 1. The molecule has 2 rings (SSSR count). The molecule has 1 amide bonds. The summed E-state index contributed by atoms with van der Waals surface area (Å²) in [5.74, 6) is 0.150. The molecule has 0 spiro atoms. The summed E-state index contributed by atoms with van der Waals surface area (Å²) >= 11 is 0. The fraction of sp³-hybridized carbons (Fsp3) is 0.0625. The van der Waals surface area contributed by atoms with Crippen molar-refractivity contribution in [1.82, 2.24) is 4.98 Å². The van der Waals surface area contributed by atoms with Crippen LogP contribution < -0.4 is 10.1 Å². The van der Waals surface area contributed by atoms with Gasteiger partial charge in [0.2, 0.25) is 0 Å². The van der Waals surface area contributed by atoms with Gasteiger partial charge in [-0.1, -0.05) is 12.1 Å². The number of benzene rings is 1. The van der Waals surface area contributed by atoms with Crippen molar-refractivity contribution in [2.75, 3.05) is 12.4 Å². The monoisotopic (exact) mass is 279 g/mol. The van der Waals surface area contributed by atoms with Gasteiger partial charge in [-0.3, -0.25) is 9.78 Å². The minimum Gasteiger partial charge on any atom is -0.497 e. The molecule has 1 aromatic carbocycles. The Kier molecular flexibility index (Phi) is 4.67. The van der Waals surface area contributed by atoms with E-state index in [1.807, 2.05) is 6.07 Å². The first-order valence-electron chi connectivity index (χ1n) is 6.20. The summed E-state index contributed by atoms with van der Waals surface area (Å²) in [4.78, 5) is 16.0. The molecule has 0 aliphatic rings. The highest BCUT2D eigenvalue weighted by atomic mass is 16.5. The van der Waals surface area contributed by atoms with Crippen molar-refractivity contribution in [3.8, 4) is 11.8 Å². The number of carbonyl (C=O) groups excluding carboxylic acids is 1. The molecule has 2 aromatic rings. The molecule has 0 aliphatic heterocycles. The average molecular weight is 279 g/mol. The van der Waals surface area contributed by atoms with Gasteiger partial charge in [0.15, 0.2) is 0 Å². The molecule has 0 radical (unpaired) electrons. The lowest BCUT2D eigenvalue weighted by molar-refractivity contribution is -0.112. The molecule has 0 unspecified atom stereocenters. The van der Waals surface area contributed by atoms with Gasteiger partial charge in [-0.25, -0.2) is 0 Å². The average Bonchev–Trinajstić information content (AvgIpc) is 2.53. The molecule has 5 heteroatoms. The van der Waals surface area contributed by atoms with Crippen LogP contribution in [0.5, 0.6) is 5.75 Å². The highest BCUT2D eigenvalue weighted by Crippen LogP contribution is 2.17. The highest BCUT2D eigenvalue weighted by molar-refractivity contribution is 6.09. The molecule has 104 valence electrons. The molecule has 0 fully saturated rings. The maximum atomic E-state index is 12.1. The first-order chi connectivity index (χ1) is 10.2. The molecular weight excluding hydrogens is 266 g/mol. The Morgan fingerprint density at radius 3 is 2.90 bits per heavy atom. The van der Waals surface area contributed by atoms with E-state index in [0.717, 1.165) is 0 Å². The zero-order valence-corrected chi connectivity index (χ0v) is 11.4. The van der Waals surface area contributed by atoms with Crippen LogP contribution in [0.2, 0.25) is 0 Å². The van der Waals surface area contributed by atoms with Crippen LogP contribution in [0.3, 0.4) is 0 Å². The minimum atomic E-state index is -0.477. The Bertz CT molecular complexity index is 703. The fourth-order valence-corrected chi connectivity index (χ4v) is 1.68. The molecule has 1 N–H and O–H groups in total. The van der Waals surface area contributed by atoms with Crippen molar-refractivity contribution in [3.05, 3.63) is 59.9 Å². The van der Waals surface area contributed by atoms with Crippen LogP contribution in [-0.4, -0.2) is 18.0 Å². The second kappa shape index (κ2) is 6.87. The molecular formula is C16H13N3O2. The zero-order valence-electron chi connectivity index (χ0n) is 11.4. The Labute approximate surface area is 122 Å². The van der Waals surface area contributed by atoms with Gasteiger partial charge in [0, 0.05) is 24.1 Å². The van der Waals surface area contributed by atoms with Crippen LogP contribution >= 0.6 is 0 Å². The SMILES string of the molecule is COc1cccc(NC(=O)/C(C#N)=C/c2cccnc2)c1. The number of nitrogens with one attached hydrogen (secondary N) is 1. The number of nitriles is 1. The summed E-state index contributed by atoms with van der Waals surface area (Å²) in [5, 5.41) is 11.8. The summed E-state index contributed by atoms with van der Waals surface area (Å²) < 4.78 is 5.08. The van der Waals surface area contributed by atoms with E-state index in [1.165, 1.54) is 6.08 Å². The number of hydrogen-bond acceptors (Lipinski definition) is 4.